The van der Waals surface area contributed by atoms with Crippen LogP contribution in [-0.2, 0) is 11.3 Å². The number of hydrogen-bond donors (Lipinski definition) is 1. The Labute approximate surface area is 120 Å². The molecule has 3 rings (SSSR count). The Balaban J connectivity index is 1.54. The first kappa shape index (κ1) is 13.6. The van der Waals surface area contributed by atoms with Gasteiger partial charge in [0.1, 0.15) is 0 Å². The maximum absolute atomic E-state index is 11.4. The van der Waals surface area contributed by atoms with Gasteiger partial charge in [0.05, 0.1) is 12.7 Å². The summed E-state index contributed by atoms with van der Waals surface area (Å²) in [5.41, 5.74) is 1.83. The van der Waals surface area contributed by atoms with Gasteiger partial charge in [0.2, 0.25) is 0 Å². The first-order chi connectivity index (χ1) is 9.78. The molecule has 2 heterocycles. The molecule has 4 nitrogen and oxygen atoms in total. The lowest BCUT2D eigenvalue weighted by Crippen LogP contribution is -2.38. The van der Waals surface area contributed by atoms with E-state index in [1.807, 2.05) is 24.3 Å². The van der Waals surface area contributed by atoms with E-state index in [2.05, 4.69) is 10.2 Å². The van der Waals surface area contributed by atoms with E-state index < -0.39 is 0 Å². The van der Waals surface area contributed by atoms with Gasteiger partial charge in [-0.3, -0.25) is 4.90 Å². The number of rotatable bonds is 4. The second-order valence-electron chi connectivity index (χ2n) is 5.71. The molecule has 0 bridgehead atoms. The summed E-state index contributed by atoms with van der Waals surface area (Å²) >= 11 is 0. The van der Waals surface area contributed by atoms with Crippen molar-refractivity contribution in [2.24, 2.45) is 0 Å². The van der Waals surface area contributed by atoms with Crippen LogP contribution in [0.1, 0.15) is 35.2 Å². The summed E-state index contributed by atoms with van der Waals surface area (Å²) in [5.74, 6) is -0.276. The molecule has 4 heteroatoms. The zero-order valence-electron chi connectivity index (χ0n) is 12.0. The zero-order valence-corrected chi connectivity index (χ0v) is 12.0. The van der Waals surface area contributed by atoms with E-state index in [0.717, 1.165) is 12.6 Å². The Morgan fingerprint density at radius 3 is 2.85 bits per heavy atom. The Bertz CT molecular complexity index is 472. The second-order valence-corrected chi connectivity index (χ2v) is 5.71. The number of hydrogen-bond acceptors (Lipinski definition) is 4. The van der Waals surface area contributed by atoms with E-state index in [4.69, 9.17) is 4.74 Å². The molecular weight excluding hydrogens is 252 g/mol. The van der Waals surface area contributed by atoms with Crippen LogP contribution in [0.3, 0.4) is 0 Å². The van der Waals surface area contributed by atoms with Gasteiger partial charge in [0.15, 0.2) is 0 Å². The van der Waals surface area contributed by atoms with Gasteiger partial charge in [0.25, 0.3) is 0 Å². The molecular formula is C16H22N2O2. The molecule has 0 radical (unpaired) electrons. The maximum atomic E-state index is 11.4. The fourth-order valence-electron chi connectivity index (χ4n) is 3.45. The predicted molar refractivity (Wildman–Crippen MR) is 77.6 cm³/mol. The van der Waals surface area contributed by atoms with Crippen molar-refractivity contribution in [3.05, 3.63) is 35.4 Å². The lowest BCUT2D eigenvalue weighted by atomic mass is 10.1. The van der Waals surface area contributed by atoms with Crippen LogP contribution in [0.5, 0.6) is 0 Å². The summed E-state index contributed by atoms with van der Waals surface area (Å²) in [6.07, 6.45) is 3.93. The van der Waals surface area contributed by atoms with Gasteiger partial charge in [-0.05, 0) is 43.5 Å². The van der Waals surface area contributed by atoms with E-state index in [-0.39, 0.29) is 5.97 Å². The van der Waals surface area contributed by atoms with E-state index in [0.29, 0.717) is 11.6 Å². The molecule has 2 atom stereocenters. The van der Waals surface area contributed by atoms with Crippen LogP contribution in [-0.4, -0.2) is 43.2 Å². The molecule has 108 valence electrons. The molecule has 0 amide bonds. The summed E-state index contributed by atoms with van der Waals surface area (Å²) in [6.45, 7) is 3.39. The average Bonchev–Trinajstić information content (AvgIpc) is 3.08. The van der Waals surface area contributed by atoms with Crippen molar-refractivity contribution in [2.45, 2.75) is 37.9 Å². The quantitative estimate of drug-likeness (QED) is 0.850. The fraction of sp³-hybridized carbons (Fsp3) is 0.562. The third-order valence-corrected chi connectivity index (χ3v) is 4.55. The van der Waals surface area contributed by atoms with Gasteiger partial charge in [-0.15, -0.1) is 0 Å². The smallest absolute Gasteiger partial charge is 0.337 e. The Morgan fingerprint density at radius 1 is 1.30 bits per heavy atom. The number of carbonyl (C=O) groups is 1. The van der Waals surface area contributed by atoms with Crippen LogP contribution < -0.4 is 5.32 Å². The monoisotopic (exact) mass is 274 g/mol. The first-order valence-electron chi connectivity index (χ1n) is 7.42. The topological polar surface area (TPSA) is 41.6 Å². The van der Waals surface area contributed by atoms with Crippen LogP contribution in [0.4, 0.5) is 0 Å². The second kappa shape index (κ2) is 5.94. The molecule has 2 fully saturated rings. The molecule has 2 unspecified atom stereocenters. The van der Waals surface area contributed by atoms with Crippen molar-refractivity contribution in [2.75, 3.05) is 20.2 Å². The standard InChI is InChI=1S/C16H22N2O2/c1-20-16(19)13-6-4-12(5-7-13)11-17-14-8-10-18-9-2-3-15(14)18/h4-7,14-15,17H,2-3,8-11H2,1H3. The number of methoxy groups -OCH3 is 1. The molecule has 0 spiro atoms. The van der Waals surface area contributed by atoms with Crippen molar-refractivity contribution >= 4 is 5.97 Å². The number of esters is 1. The van der Waals surface area contributed by atoms with Gasteiger partial charge in [-0.2, -0.15) is 0 Å². The van der Waals surface area contributed by atoms with E-state index in [1.54, 1.807) is 0 Å². The summed E-state index contributed by atoms with van der Waals surface area (Å²) in [5, 5.41) is 3.67. The number of ether oxygens (including phenoxy) is 1. The number of nitrogens with zero attached hydrogens (tertiary/aromatic N) is 1. The molecule has 1 aromatic carbocycles. The fourth-order valence-corrected chi connectivity index (χ4v) is 3.45. The normalized spacial score (nSPS) is 25.6. The Morgan fingerprint density at radius 2 is 2.10 bits per heavy atom. The molecule has 20 heavy (non-hydrogen) atoms. The first-order valence-corrected chi connectivity index (χ1v) is 7.42. The molecule has 1 N–H and O–H groups in total. The zero-order chi connectivity index (χ0) is 13.9. The number of carbonyl (C=O) groups excluding carboxylic acids is 1. The minimum absolute atomic E-state index is 0.276. The minimum atomic E-state index is -0.276. The Kier molecular flexibility index (Phi) is 4.03. The SMILES string of the molecule is COC(=O)c1ccc(CNC2CCN3CCCC23)cc1. The van der Waals surface area contributed by atoms with E-state index in [1.165, 1.54) is 45.0 Å². The summed E-state index contributed by atoms with van der Waals surface area (Å²) in [6, 6.07) is 9.03. The van der Waals surface area contributed by atoms with E-state index >= 15 is 0 Å². The summed E-state index contributed by atoms with van der Waals surface area (Å²) in [7, 11) is 1.41. The summed E-state index contributed by atoms with van der Waals surface area (Å²) < 4.78 is 4.70. The van der Waals surface area contributed by atoms with Gasteiger partial charge < -0.3 is 10.1 Å². The number of nitrogens with one attached hydrogen (secondary N) is 1. The van der Waals surface area contributed by atoms with Gasteiger partial charge in [-0.1, -0.05) is 12.1 Å². The van der Waals surface area contributed by atoms with Crippen molar-refractivity contribution in [3.8, 4) is 0 Å². The molecule has 2 aliphatic rings. The highest BCUT2D eigenvalue weighted by Gasteiger charge is 2.36. The van der Waals surface area contributed by atoms with Crippen molar-refractivity contribution in [1.29, 1.82) is 0 Å². The highest BCUT2D eigenvalue weighted by molar-refractivity contribution is 5.89. The Hall–Kier alpha value is -1.39. The maximum Gasteiger partial charge on any atom is 0.337 e. The molecule has 2 aliphatic heterocycles. The van der Waals surface area contributed by atoms with Crippen LogP contribution >= 0.6 is 0 Å². The van der Waals surface area contributed by atoms with E-state index in [9.17, 15) is 4.79 Å². The van der Waals surface area contributed by atoms with Crippen molar-refractivity contribution in [1.82, 2.24) is 10.2 Å². The van der Waals surface area contributed by atoms with Crippen LogP contribution in [0.2, 0.25) is 0 Å². The minimum Gasteiger partial charge on any atom is -0.465 e. The third-order valence-electron chi connectivity index (χ3n) is 4.55. The molecule has 0 aliphatic carbocycles. The van der Waals surface area contributed by atoms with Crippen LogP contribution in [0.25, 0.3) is 0 Å². The third kappa shape index (κ3) is 2.72. The van der Waals surface area contributed by atoms with Crippen molar-refractivity contribution < 1.29 is 9.53 Å². The number of benzene rings is 1. The van der Waals surface area contributed by atoms with Gasteiger partial charge >= 0.3 is 5.97 Å². The molecule has 1 aromatic rings. The molecule has 2 saturated heterocycles. The summed E-state index contributed by atoms with van der Waals surface area (Å²) in [4.78, 5) is 14.0. The molecule has 0 aromatic heterocycles. The average molecular weight is 274 g/mol. The van der Waals surface area contributed by atoms with Crippen LogP contribution in [0.15, 0.2) is 24.3 Å². The van der Waals surface area contributed by atoms with Gasteiger partial charge in [-0.25, -0.2) is 4.79 Å². The highest BCUT2D eigenvalue weighted by Crippen LogP contribution is 2.28. The van der Waals surface area contributed by atoms with Crippen LogP contribution in [0, 0.1) is 0 Å². The number of fused-ring (bicyclic) bond motifs is 1. The van der Waals surface area contributed by atoms with Gasteiger partial charge in [0, 0.05) is 25.2 Å². The predicted octanol–water partition coefficient (Wildman–Crippen LogP) is 1.80. The largest absolute Gasteiger partial charge is 0.465 e. The molecule has 0 saturated carbocycles. The lowest BCUT2D eigenvalue weighted by molar-refractivity contribution is 0.0600. The van der Waals surface area contributed by atoms with Crippen molar-refractivity contribution in [3.63, 3.8) is 0 Å². The lowest BCUT2D eigenvalue weighted by Gasteiger charge is -2.21. The highest BCUT2D eigenvalue weighted by atomic mass is 16.5.